The number of amides is 2. The van der Waals surface area contributed by atoms with Crippen LogP contribution < -0.4 is 5.32 Å². The Morgan fingerprint density at radius 2 is 1.94 bits per heavy atom. The van der Waals surface area contributed by atoms with Gasteiger partial charge in [-0.15, -0.1) is 0 Å². The first-order chi connectivity index (χ1) is 16.0. The second kappa shape index (κ2) is 9.54. The highest BCUT2D eigenvalue weighted by Crippen LogP contribution is 2.48. The number of ether oxygens (including phenoxy) is 1. The fourth-order valence-electron chi connectivity index (χ4n) is 5.32. The third kappa shape index (κ3) is 5.13. The molecule has 3 aliphatic rings. The third-order valence-electron chi connectivity index (χ3n) is 7.73. The number of carboxylic acid groups (broad SMARTS) is 1. The van der Waals surface area contributed by atoms with Crippen molar-refractivity contribution in [3.05, 3.63) is 46.1 Å². The highest BCUT2D eigenvalue weighted by molar-refractivity contribution is 6.31. The Kier molecular flexibility index (Phi) is 7.03. The summed E-state index contributed by atoms with van der Waals surface area (Å²) in [5.74, 6) is -0.966. The van der Waals surface area contributed by atoms with Crippen LogP contribution in [0.2, 0.25) is 5.02 Å². The molecule has 1 saturated carbocycles. The maximum atomic E-state index is 13.3. The van der Waals surface area contributed by atoms with Gasteiger partial charge < -0.3 is 15.2 Å². The molecule has 1 saturated heterocycles. The molecule has 0 aromatic heterocycles. The van der Waals surface area contributed by atoms with Crippen LogP contribution in [0.3, 0.4) is 0 Å². The molecule has 0 spiro atoms. The number of hydrogen-bond acceptors (Lipinski definition) is 3. The molecule has 1 aromatic rings. The number of nitrogens with zero attached hydrogens (tertiary/aromatic N) is 1. The largest absolute Gasteiger partial charge is 0.481 e. The number of aliphatic carboxylic acids is 1. The van der Waals surface area contributed by atoms with E-state index < -0.39 is 11.5 Å². The Morgan fingerprint density at radius 3 is 2.53 bits per heavy atom. The van der Waals surface area contributed by atoms with Crippen molar-refractivity contribution in [2.75, 3.05) is 13.2 Å². The molecule has 4 rings (SSSR count). The number of rotatable bonds is 6. The van der Waals surface area contributed by atoms with Crippen LogP contribution in [0, 0.1) is 17.3 Å². The molecular weight excluding hydrogens is 452 g/mol. The Bertz CT molecular complexity index is 973. The molecule has 6 nitrogen and oxygen atoms in total. The lowest BCUT2D eigenvalue weighted by atomic mass is 9.65. The Morgan fingerprint density at radius 1 is 1.26 bits per heavy atom. The van der Waals surface area contributed by atoms with Crippen LogP contribution in [0.5, 0.6) is 0 Å². The van der Waals surface area contributed by atoms with Crippen molar-refractivity contribution < 1.29 is 19.4 Å². The molecule has 2 amide bonds. The number of urea groups is 1. The minimum atomic E-state index is -0.745. The van der Waals surface area contributed by atoms with Gasteiger partial charge in [-0.25, -0.2) is 4.79 Å². The lowest BCUT2D eigenvalue weighted by Crippen LogP contribution is -2.58. The van der Waals surface area contributed by atoms with Crippen LogP contribution in [0.25, 0.3) is 0 Å². The molecule has 0 bridgehead atoms. The molecule has 1 aliphatic carbocycles. The van der Waals surface area contributed by atoms with Crippen LogP contribution >= 0.6 is 11.6 Å². The monoisotopic (exact) mass is 488 g/mol. The zero-order chi connectivity index (χ0) is 24.7. The van der Waals surface area contributed by atoms with E-state index >= 15 is 0 Å². The highest BCUT2D eigenvalue weighted by Gasteiger charge is 2.48. The predicted molar refractivity (Wildman–Crippen MR) is 133 cm³/mol. The number of halogens is 1. The van der Waals surface area contributed by atoms with Crippen LogP contribution in [-0.2, 0) is 21.5 Å². The molecule has 1 atom stereocenters. The number of aryl methyl sites for hydroxylation is 1. The minimum Gasteiger partial charge on any atom is -0.481 e. The summed E-state index contributed by atoms with van der Waals surface area (Å²) >= 11 is 6.73. The number of nitrogens with one attached hydrogen (secondary N) is 1. The van der Waals surface area contributed by atoms with E-state index in [0.717, 1.165) is 42.4 Å². The number of carbonyl (C=O) groups excluding carboxylic acids is 1. The molecule has 2 fully saturated rings. The normalized spacial score (nSPS) is 28.2. The van der Waals surface area contributed by atoms with Crippen LogP contribution in [-0.4, -0.2) is 41.3 Å². The van der Waals surface area contributed by atoms with E-state index in [1.54, 1.807) is 0 Å². The zero-order valence-electron chi connectivity index (χ0n) is 20.7. The zero-order valence-corrected chi connectivity index (χ0v) is 21.5. The maximum Gasteiger partial charge on any atom is 0.322 e. The van der Waals surface area contributed by atoms with E-state index in [0.29, 0.717) is 31.1 Å². The summed E-state index contributed by atoms with van der Waals surface area (Å²) in [7, 11) is 0. The molecule has 0 unspecified atom stereocenters. The van der Waals surface area contributed by atoms with Crippen molar-refractivity contribution in [3.63, 3.8) is 0 Å². The summed E-state index contributed by atoms with van der Waals surface area (Å²) in [6.45, 7) is 9.97. The Balaban J connectivity index is 1.66. The first-order valence-electron chi connectivity index (χ1n) is 12.4. The van der Waals surface area contributed by atoms with Gasteiger partial charge in [0, 0.05) is 30.5 Å². The first-order valence-corrected chi connectivity index (χ1v) is 12.8. The third-order valence-corrected chi connectivity index (χ3v) is 8.08. The van der Waals surface area contributed by atoms with Crippen LogP contribution in [0.4, 0.5) is 4.79 Å². The average molecular weight is 489 g/mol. The van der Waals surface area contributed by atoms with Gasteiger partial charge in [0.1, 0.15) is 0 Å². The maximum absolute atomic E-state index is 13.3. The fourth-order valence-corrected chi connectivity index (χ4v) is 5.59. The van der Waals surface area contributed by atoms with Gasteiger partial charge in [-0.3, -0.25) is 9.69 Å². The van der Waals surface area contributed by atoms with Crippen LogP contribution in [0.1, 0.15) is 70.9 Å². The fraction of sp³-hybridized carbons (Fsp3) is 0.630. The molecule has 1 aromatic carbocycles. The first kappa shape index (κ1) is 25.1. The van der Waals surface area contributed by atoms with Crippen molar-refractivity contribution in [1.29, 1.82) is 0 Å². The van der Waals surface area contributed by atoms with Gasteiger partial charge in [0.2, 0.25) is 0 Å². The number of hydrogen-bond donors (Lipinski definition) is 2. The van der Waals surface area contributed by atoms with Crippen molar-refractivity contribution in [1.82, 2.24) is 10.2 Å². The summed E-state index contributed by atoms with van der Waals surface area (Å²) in [5, 5.41) is 13.4. The lowest BCUT2D eigenvalue weighted by molar-refractivity contribution is -0.145. The SMILES string of the molecule is CC(C)(C)CCc1ccc([C@]2(C)NC(=O)N(C3CCOCC3)C=C2[C@H]2C[C@@H](C(=O)O)C2)cc1Cl. The highest BCUT2D eigenvalue weighted by atomic mass is 35.5. The number of carbonyl (C=O) groups is 2. The molecule has 186 valence electrons. The van der Waals surface area contributed by atoms with Gasteiger partial charge in [0.05, 0.1) is 11.5 Å². The van der Waals surface area contributed by atoms with Crippen LogP contribution in [0.15, 0.2) is 30.0 Å². The van der Waals surface area contributed by atoms with Gasteiger partial charge in [-0.2, -0.15) is 0 Å². The van der Waals surface area contributed by atoms with Crippen molar-refractivity contribution >= 4 is 23.6 Å². The standard InChI is InChI=1S/C27H37ClN2O4/c1-26(2,3)10-7-17-5-6-20(15-23(17)28)27(4)22(18-13-19(14-18)24(31)32)16-30(25(33)29-27)21-8-11-34-12-9-21/h5-6,15-16,18-19,21H,7-14H2,1-4H3,(H,29,33)(H,31,32)/t18-,19+,27-/m0/s1. The second-order valence-corrected chi connectivity index (χ2v) is 11.9. The molecule has 34 heavy (non-hydrogen) atoms. The average Bonchev–Trinajstić information content (AvgIpc) is 2.73. The number of benzene rings is 1. The Labute approximate surface area is 207 Å². The van der Waals surface area contributed by atoms with Crippen molar-refractivity contribution in [2.45, 2.75) is 77.8 Å². The van der Waals surface area contributed by atoms with Crippen molar-refractivity contribution in [2.24, 2.45) is 17.3 Å². The lowest BCUT2D eigenvalue weighted by Gasteiger charge is -2.48. The topological polar surface area (TPSA) is 78.9 Å². The van der Waals surface area contributed by atoms with Gasteiger partial charge in [-0.05, 0) is 79.5 Å². The summed E-state index contributed by atoms with van der Waals surface area (Å²) in [6, 6.07) is 6.08. The summed E-state index contributed by atoms with van der Waals surface area (Å²) in [5.41, 5.74) is 2.59. The molecule has 2 heterocycles. The smallest absolute Gasteiger partial charge is 0.322 e. The van der Waals surface area contributed by atoms with Gasteiger partial charge in [0.25, 0.3) is 0 Å². The number of carboxylic acids is 1. The molecule has 0 radical (unpaired) electrons. The molecule has 7 heteroatoms. The quantitative estimate of drug-likeness (QED) is 0.535. The van der Waals surface area contributed by atoms with Crippen molar-refractivity contribution in [3.8, 4) is 0 Å². The van der Waals surface area contributed by atoms with E-state index in [4.69, 9.17) is 16.3 Å². The van der Waals surface area contributed by atoms with Gasteiger partial charge in [0.15, 0.2) is 0 Å². The van der Waals surface area contributed by atoms with E-state index in [1.807, 2.05) is 24.1 Å². The van der Waals surface area contributed by atoms with Gasteiger partial charge >= 0.3 is 12.0 Å². The van der Waals surface area contributed by atoms with E-state index in [1.165, 1.54) is 0 Å². The van der Waals surface area contributed by atoms with E-state index in [2.05, 4.69) is 38.2 Å². The summed E-state index contributed by atoms with van der Waals surface area (Å²) < 4.78 is 5.49. The van der Waals surface area contributed by atoms with Gasteiger partial charge in [-0.1, -0.05) is 44.5 Å². The molecular formula is C27H37ClN2O4. The second-order valence-electron chi connectivity index (χ2n) is 11.5. The Hall–Kier alpha value is -2.05. The molecule has 2 aliphatic heterocycles. The molecule has 2 N–H and O–H groups in total. The summed E-state index contributed by atoms with van der Waals surface area (Å²) in [6.07, 6.45) is 6.70. The minimum absolute atomic E-state index is 0.0898. The summed E-state index contributed by atoms with van der Waals surface area (Å²) in [4.78, 5) is 26.6. The van der Waals surface area contributed by atoms with E-state index in [-0.39, 0.29) is 29.3 Å². The van der Waals surface area contributed by atoms with E-state index in [9.17, 15) is 14.7 Å². The predicted octanol–water partition coefficient (Wildman–Crippen LogP) is 5.73.